The lowest BCUT2D eigenvalue weighted by atomic mass is 9.92. The predicted octanol–water partition coefficient (Wildman–Crippen LogP) is 0.579. The van der Waals surface area contributed by atoms with Crippen LogP contribution in [0.1, 0.15) is 0 Å². The van der Waals surface area contributed by atoms with Crippen LogP contribution >= 0.6 is 15.2 Å². The van der Waals surface area contributed by atoms with Crippen molar-refractivity contribution in [2.75, 3.05) is 54.4 Å². The highest BCUT2D eigenvalue weighted by atomic mass is 31.2. The summed E-state index contributed by atoms with van der Waals surface area (Å²) < 4.78 is 61.3. The van der Waals surface area contributed by atoms with Crippen molar-refractivity contribution in [3.63, 3.8) is 0 Å². The Bertz CT molecular complexity index is 526. The SMILES string of the molecule is [B][C@@H]1O[C@H](COP(C)(=O)OC)[C@H](OP(C)(=O)OC)C1OC(CN)COC. The molecule has 1 rings (SSSR count). The van der Waals surface area contributed by atoms with E-state index in [1.54, 1.807) is 0 Å². The predicted molar refractivity (Wildman–Crippen MR) is 95.9 cm³/mol. The monoisotopic (exact) mass is 415 g/mol. The van der Waals surface area contributed by atoms with Gasteiger partial charge in [0.05, 0.1) is 19.3 Å². The molecule has 2 radical (unpaired) electrons. The highest BCUT2D eigenvalue weighted by Gasteiger charge is 2.47. The molecule has 7 atom stereocenters. The average molecular weight is 415 g/mol. The Morgan fingerprint density at radius 3 is 2.23 bits per heavy atom. The molecular formula is C13H28BNO9P2. The Morgan fingerprint density at radius 2 is 1.73 bits per heavy atom. The Hall–Kier alpha value is 0.205. The largest absolute Gasteiger partial charge is 0.382 e. The number of ether oxygens (including phenoxy) is 3. The summed E-state index contributed by atoms with van der Waals surface area (Å²) in [5.74, 6) is 0. The van der Waals surface area contributed by atoms with Crippen molar-refractivity contribution < 1.29 is 41.4 Å². The maximum absolute atomic E-state index is 12.3. The van der Waals surface area contributed by atoms with Crippen molar-refractivity contribution >= 4 is 23.0 Å². The third kappa shape index (κ3) is 7.32. The zero-order chi connectivity index (χ0) is 20.0. The summed E-state index contributed by atoms with van der Waals surface area (Å²) in [5, 5.41) is 0. The van der Waals surface area contributed by atoms with Crippen molar-refractivity contribution in [2.24, 2.45) is 5.73 Å². The molecule has 1 heterocycles. The molecule has 0 aliphatic carbocycles. The van der Waals surface area contributed by atoms with Crippen LogP contribution in [0, 0.1) is 0 Å². The van der Waals surface area contributed by atoms with Crippen molar-refractivity contribution in [2.45, 2.75) is 30.4 Å². The summed E-state index contributed by atoms with van der Waals surface area (Å²) in [7, 11) is 3.39. The topological polar surface area (TPSA) is 125 Å². The van der Waals surface area contributed by atoms with E-state index >= 15 is 0 Å². The first-order valence-corrected chi connectivity index (χ1v) is 11.9. The third-order valence-electron chi connectivity index (χ3n) is 3.76. The minimum atomic E-state index is -3.40. The second-order valence-electron chi connectivity index (χ2n) is 5.83. The third-order valence-corrected chi connectivity index (χ3v) is 6.33. The molecule has 1 aliphatic heterocycles. The van der Waals surface area contributed by atoms with Crippen LogP contribution < -0.4 is 5.73 Å². The Kier molecular flexibility index (Phi) is 9.95. The van der Waals surface area contributed by atoms with Crippen LogP contribution in [0.5, 0.6) is 0 Å². The molecule has 0 saturated carbocycles. The van der Waals surface area contributed by atoms with Crippen LogP contribution in [-0.4, -0.2) is 92.7 Å². The van der Waals surface area contributed by atoms with Gasteiger partial charge in [-0.15, -0.1) is 0 Å². The first kappa shape index (κ1) is 24.2. The van der Waals surface area contributed by atoms with Crippen LogP contribution in [0.2, 0.25) is 0 Å². The van der Waals surface area contributed by atoms with Gasteiger partial charge in [0.25, 0.3) is 0 Å². The highest BCUT2D eigenvalue weighted by molar-refractivity contribution is 7.53. The first-order valence-electron chi connectivity index (χ1n) is 7.94. The van der Waals surface area contributed by atoms with Crippen molar-refractivity contribution in [1.82, 2.24) is 0 Å². The molecule has 0 spiro atoms. The zero-order valence-electron chi connectivity index (χ0n) is 15.7. The number of hydrogen-bond acceptors (Lipinski definition) is 10. The van der Waals surface area contributed by atoms with Crippen LogP contribution in [0.4, 0.5) is 0 Å². The standard InChI is InChI=1S/C13H28BNO9P2/c1-18-7-9(6-15)22-12-11(24-26(5,17)20-3)10(23-13(12)14)8-21-25(4,16)19-2/h9-13H,6-8,15H2,1-5H3/t9?,10-,11+,12?,13-,25?,26?/m1/s1. The lowest BCUT2D eigenvalue weighted by molar-refractivity contribution is -0.0792. The first-order chi connectivity index (χ1) is 12.1. The van der Waals surface area contributed by atoms with E-state index in [1.807, 2.05) is 0 Å². The molecule has 0 aromatic carbocycles. The van der Waals surface area contributed by atoms with Crippen molar-refractivity contribution in [3.8, 4) is 0 Å². The van der Waals surface area contributed by atoms with Gasteiger partial charge in [-0.05, 0) is 0 Å². The molecular weight excluding hydrogens is 387 g/mol. The molecule has 13 heteroatoms. The lowest BCUT2D eigenvalue weighted by Crippen LogP contribution is -2.43. The number of methoxy groups -OCH3 is 1. The van der Waals surface area contributed by atoms with Crippen LogP contribution in [0.3, 0.4) is 0 Å². The molecule has 10 nitrogen and oxygen atoms in total. The summed E-state index contributed by atoms with van der Waals surface area (Å²) in [6, 6.07) is -0.907. The lowest BCUT2D eigenvalue weighted by Gasteiger charge is -2.29. The van der Waals surface area contributed by atoms with Crippen molar-refractivity contribution in [3.05, 3.63) is 0 Å². The van der Waals surface area contributed by atoms with E-state index in [0.717, 1.165) is 0 Å². The van der Waals surface area contributed by atoms with Gasteiger partial charge in [0.2, 0.25) is 0 Å². The van der Waals surface area contributed by atoms with Gasteiger partial charge in [0.1, 0.15) is 26.2 Å². The van der Waals surface area contributed by atoms with Gasteiger partial charge in [0.15, 0.2) is 0 Å². The fourth-order valence-electron chi connectivity index (χ4n) is 2.27. The maximum Gasteiger partial charge on any atom is 0.327 e. The van der Waals surface area contributed by atoms with E-state index in [-0.39, 0.29) is 19.8 Å². The van der Waals surface area contributed by atoms with Crippen LogP contribution in [0.25, 0.3) is 0 Å². The van der Waals surface area contributed by atoms with Crippen LogP contribution in [-0.2, 0) is 41.4 Å². The van der Waals surface area contributed by atoms with Crippen molar-refractivity contribution in [1.29, 1.82) is 0 Å². The highest BCUT2D eigenvalue weighted by Crippen LogP contribution is 2.48. The van der Waals surface area contributed by atoms with Crippen LogP contribution in [0.15, 0.2) is 0 Å². The molecule has 4 unspecified atom stereocenters. The van der Waals surface area contributed by atoms with Gasteiger partial charge >= 0.3 is 15.2 Å². The van der Waals surface area contributed by atoms with Gasteiger partial charge in [-0.2, -0.15) is 0 Å². The minimum Gasteiger partial charge on any atom is -0.382 e. The fraction of sp³-hybridized carbons (Fsp3) is 1.00. The summed E-state index contributed by atoms with van der Waals surface area (Å²) in [4.78, 5) is 0. The summed E-state index contributed by atoms with van der Waals surface area (Å²) in [6.45, 7) is 2.86. The number of nitrogens with two attached hydrogens (primary N) is 1. The van der Waals surface area contributed by atoms with E-state index in [4.69, 9.17) is 45.9 Å². The molecule has 0 aromatic heterocycles. The molecule has 0 bridgehead atoms. The Labute approximate surface area is 155 Å². The molecule has 2 N–H and O–H groups in total. The summed E-state index contributed by atoms with van der Waals surface area (Å²) >= 11 is 0. The summed E-state index contributed by atoms with van der Waals surface area (Å²) in [5.41, 5.74) is 5.66. The number of rotatable bonds is 12. The molecule has 1 aliphatic rings. The Balaban J connectivity index is 2.95. The Morgan fingerprint density at radius 1 is 1.12 bits per heavy atom. The average Bonchev–Trinajstić information content (AvgIpc) is 2.87. The summed E-state index contributed by atoms with van der Waals surface area (Å²) in [6.07, 6.45) is -2.98. The van der Waals surface area contributed by atoms with Gasteiger partial charge in [-0.25, -0.2) is 0 Å². The smallest absolute Gasteiger partial charge is 0.327 e. The van der Waals surface area contributed by atoms with E-state index in [9.17, 15) is 9.13 Å². The molecule has 152 valence electrons. The van der Waals surface area contributed by atoms with E-state index in [2.05, 4.69) is 0 Å². The minimum absolute atomic E-state index is 0.166. The molecule has 0 amide bonds. The van der Waals surface area contributed by atoms with E-state index in [0.29, 0.717) is 0 Å². The molecule has 1 saturated heterocycles. The molecule has 0 aromatic rings. The number of hydrogen-bond donors (Lipinski definition) is 1. The quantitative estimate of drug-likeness (QED) is 0.358. The van der Waals surface area contributed by atoms with E-state index < -0.39 is 45.6 Å². The molecule has 1 fully saturated rings. The second-order valence-corrected chi connectivity index (χ2v) is 10.1. The van der Waals surface area contributed by atoms with Gasteiger partial charge in [0, 0.05) is 47.2 Å². The molecule has 26 heavy (non-hydrogen) atoms. The van der Waals surface area contributed by atoms with Gasteiger partial charge in [-0.1, -0.05) is 0 Å². The fourth-order valence-corrected chi connectivity index (χ4v) is 3.58. The zero-order valence-corrected chi connectivity index (χ0v) is 17.5. The second kappa shape index (κ2) is 10.7. The van der Waals surface area contributed by atoms with Gasteiger partial charge < -0.3 is 33.5 Å². The normalized spacial score (nSPS) is 32.1. The van der Waals surface area contributed by atoms with E-state index in [1.165, 1.54) is 34.7 Å². The van der Waals surface area contributed by atoms with Gasteiger partial charge in [-0.3, -0.25) is 13.7 Å². The maximum atomic E-state index is 12.3.